The number of hydrogen-bond acceptors (Lipinski definition) is 4. The summed E-state index contributed by atoms with van der Waals surface area (Å²) in [6, 6.07) is 58.6. The molecule has 0 fully saturated rings. The van der Waals surface area contributed by atoms with Gasteiger partial charge in [-0.1, -0.05) is 146 Å². The number of rotatable bonds is 5. The minimum Gasteiger partial charge on any atom is -0.245 e. The van der Waals surface area contributed by atoms with Crippen LogP contribution in [0.3, 0.4) is 0 Å². The molecule has 0 unspecified atom stereocenters. The van der Waals surface area contributed by atoms with Crippen LogP contribution in [0.15, 0.2) is 170 Å². The highest BCUT2D eigenvalue weighted by Gasteiger charge is 2.14. The van der Waals surface area contributed by atoms with E-state index in [2.05, 4.69) is 127 Å². The van der Waals surface area contributed by atoms with Crippen LogP contribution in [0.4, 0.5) is 0 Å². The topological polar surface area (TPSA) is 51.6 Å². The zero-order valence-corrected chi connectivity index (χ0v) is 26.0. The summed E-state index contributed by atoms with van der Waals surface area (Å²) in [5, 5.41) is 3.17. The van der Waals surface area contributed by atoms with Crippen LogP contribution in [0, 0.1) is 0 Å². The molecular formula is C44H28N4. The van der Waals surface area contributed by atoms with Crippen molar-refractivity contribution in [1.82, 2.24) is 19.9 Å². The van der Waals surface area contributed by atoms with Crippen molar-refractivity contribution in [2.45, 2.75) is 0 Å². The van der Waals surface area contributed by atoms with Crippen molar-refractivity contribution < 1.29 is 0 Å². The molecular weight excluding hydrogens is 585 g/mol. The van der Waals surface area contributed by atoms with Crippen molar-refractivity contribution >= 4 is 32.7 Å². The molecule has 0 spiro atoms. The van der Waals surface area contributed by atoms with Gasteiger partial charge in [-0.25, -0.2) is 19.9 Å². The Kier molecular flexibility index (Phi) is 6.76. The second kappa shape index (κ2) is 11.7. The van der Waals surface area contributed by atoms with Gasteiger partial charge >= 0.3 is 0 Å². The van der Waals surface area contributed by atoms with Crippen LogP contribution in [-0.4, -0.2) is 19.9 Å². The lowest BCUT2D eigenvalue weighted by atomic mass is 9.98. The van der Waals surface area contributed by atoms with Crippen LogP contribution in [-0.2, 0) is 0 Å². The van der Waals surface area contributed by atoms with Crippen molar-refractivity contribution in [3.05, 3.63) is 170 Å². The average molecular weight is 613 g/mol. The van der Waals surface area contributed by atoms with Crippen molar-refractivity contribution in [1.29, 1.82) is 0 Å². The lowest BCUT2D eigenvalue weighted by molar-refractivity contribution is 1.23. The van der Waals surface area contributed by atoms with E-state index in [1.54, 1.807) is 0 Å². The summed E-state index contributed by atoms with van der Waals surface area (Å²) < 4.78 is 0. The summed E-state index contributed by atoms with van der Waals surface area (Å²) >= 11 is 0. The molecule has 9 rings (SSSR count). The highest BCUT2D eigenvalue weighted by atomic mass is 14.9. The Labute approximate surface area is 278 Å². The number of fused-ring (bicyclic) bond motifs is 4. The highest BCUT2D eigenvalue weighted by Crippen LogP contribution is 2.34. The SMILES string of the molecule is c1ccc(-c2ccc3ccc4ccc(-c5ccc(-c6ccc7nc(-c8ccccc8)nc(-c8ccccc8)c7c6)cc5)nc4c3n2)cc1. The van der Waals surface area contributed by atoms with Gasteiger partial charge < -0.3 is 0 Å². The summed E-state index contributed by atoms with van der Waals surface area (Å²) in [7, 11) is 0. The Morgan fingerprint density at radius 2 is 0.792 bits per heavy atom. The molecule has 0 radical (unpaired) electrons. The van der Waals surface area contributed by atoms with E-state index in [-0.39, 0.29) is 0 Å². The molecule has 0 amide bonds. The molecule has 6 aromatic carbocycles. The van der Waals surface area contributed by atoms with Crippen LogP contribution in [0.5, 0.6) is 0 Å². The van der Waals surface area contributed by atoms with E-state index in [9.17, 15) is 0 Å². The zero-order valence-electron chi connectivity index (χ0n) is 26.0. The molecule has 0 aliphatic carbocycles. The van der Waals surface area contributed by atoms with Crippen LogP contribution < -0.4 is 0 Å². The maximum Gasteiger partial charge on any atom is 0.160 e. The van der Waals surface area contributed by atoms with Crippen molar-refractivity contribution in [2.24, 2.45) is 0 Å². The number of hydrogen-bond donors (Lipinski definition) is 0. The van der Waals surface area contributed by atoms with Crippen LogP contribution >= 0.6 is 0 Å². The van der Waals surface area contributed by atoms with E-state index in [0.29, 0.717) is 0 Å². The van der Waals surface area contributed by atoms with Crippen LogP contribution in [0.1, 0.15) is 0 Å². The third-order valence-electron chi connectivity index (χ3n) is 8.88. The zero-order chi connectivity index (χ0) is 31.9. The second-order valence-corrected chi connectivity index (χ2v) is 11.9. The molecule has 0 aliphatic rings. The van der Waals surface area contributed by atoms with Gasteiger partial charge in [0.1, 0.15) is 0 Å². The Morgan fingerprint density at radius 1 is 0.312 bits per heavy atom. The molecule has 0 N–H and O–H groups in total. The first-order valence-electron chi connectivity index (χ1n) is 16.1. The Bertz CT molecular complexity index is 2580. The second-order valence-electron chi connectivity index (χ2n) is 11.9. The third-order valence-corrected chi connectivity index (χ3v) is 8.88. The number of nitrogens with zero attached hydrogens (tertiary/aromatic N) is 4. The monoisotopic (exact) mass is 612 g/mol. The third kappa shape index (κ3) is 5.06. The first-order valence-corrected chi connectivity index (χ1v) is 16.1. The summed E-state index contributed by atoms with van der Waals surface area (Å²) in [4.78, 5) is 20.3. The van der Waals surface area contributed by atoms with E-state index in [0.717, 1.165) is 89.0 Å². The van der Waals surface area contributed by atoms with E-state index in [1.807, 2.05) is 42.5 Å². The fourth-order valence-electron chi connectivity index (χ4n) is 6.37. The number of pyridine rings is 2. The molecule has 0 saturated heterocycles. The van der Waals surface area contributed by atoms with Crippen LogP contribution in [0.25, 0.3) is 89.0 Å². The summed E-state index contributed by atoms with van der Waals surface area (Å²) in [6.45, 7) is 0. The molecule has 9 aromatic rings. The lowest BCUT2D eigenvalue weighted by Crippen LogP contribution is -1.95. The Hall–Kier alpha value is -6.52. The van der Waals surface area contributed by atoms with E-state index < -0.39 is 0 Å². The van der Waals surface area contributed by atoms with Crippen molar-refractivity contribution in [3.8, 4) is 56.3 Å². The first kappa shape index (κ1) is 27.8. The van der Waals surface area contributed by atoms with Crippen LogP contribution in [0.2, 0.25) is 0 Å². The van der Waals surface area contributed by atoms with Gasteiger partial charge in [0.2, 0.25) is 0 Å². The predicted molar refractivity (Wildman–Crippen MR) is 197 cm³/mol. The summed E-state index contributed by atoms with van der Waals surface area (Å²) in [5.74, 6) is 0.723. The van der Waals surface area contributed by atoms with Gasteiger partial charge in [-0.15, -0.1) is 0 Å². The normalized spacial score (nSPS) is 11.3. The van der Waals surface area contributed by atoms with Gasteiger partial charge in [0.15, 0.2) is 5.82 Å². The predicted octanol–water partition coefficient (Wildman–Crippen LogP) is 11.1. The molecule has 3 aromatic heterocycles. The molecule has 4 heteroatoms. The summed E-state index contributed by atoms with van der Waals surface area (Å²) in [5.41, 5.74) is 12.0. The molecule has 4 nitrogen and oxygen atoms in total. The van der Waals surface area contributed by atoms with Gasteiger partial charge in [0.05, 0.1) is 33.6 Å². The molecule has 48 heavy (non-hydrogen) atoms. The van der Waals surface area contributed by atoms with Gasteiger partial charge in [-0.2, -0.15) is 0 Å². The Morgan fingerprint density at radius 3 is 1.40 bits per heavy atom. The van der Waals surface area contributed by atoms with E-state index in [4.69, 9.17) is 19.9 Å². The molecule has 3 heterocycles. The fraction of sp³-hybridized carbons (Fsp3) is 0. The minimum absolute atomic E-state index is 0.723. The molecule has 0 bridgehead atoms. The smallest absolute Gasteiger partial charge is 0.160 e. The highest BCUT2D eigenvalue weighted by molar-refractivity contribution is 6.04. The van der Waals surface area contributed by atoms with Crippen molar-refractivity contribution in [2.75, 3.05) is 0 Å². The minimum atomic E-state index is 0.723. The molecule has 0 aliphatic heterocycles. The standard InChI is InChI=1S/C44H28N4/c1-4-10-30(11-5-1)38-25-22-33-20-21-34-23-26-39(46-43(34)42(33)45-38)31-18-16-29(17-19-31)36-24-27-40-37(28-36)41(32-12-6-2-7-13-32)48-44(47-40)35-14-8-3-9-15-35/h1-28H. The maximum absolute atomic E-state index is 5.15. The van der Waals surface area contributed by atoms with Gasteiger partial charge in [-0.05, 0) is 35.4 Å². The fourth-order valence-corrected chi connectivity index (χ4v) is 6.37. The number of aromatic nitrogens is 4. The maximum atomic E-state index is 5.15. The molecule has 0 atom stereocenters. The van der Waals surface area contributed by atoms with Gasteiger partial charge in [0.25, 0.3) is 0 Å². The largest absolute Gasteiger partial charge is 0.245 e. The van der Waals surface area contributed by atoms with E-state index >= 15 is 0 Å². The average Bonchev–Trinajstić information content (AvgIpc) is 3.18. The quantitative estimate of drug-likeness (QED) is 0.181. The number of benzene rings is 6. The van der Waals surface area contributed by atoms with Gasteiger partial charge in [-0.3, -0.25) is 0 Å². The Balaban J connectivity index is 1.10. The van der Waals surface area contributed by atoms with Gasteiger partial charge in [0, 0.05) is 38.4 Å². The van der Waals surface area contributed by atoms with Crippen molar-refractivity contribution in [3.63, 3.8) is 0 Å². The lowest BCUT2D eigenvalue weighted by Gasteiger charge is -2.12. The molecule has 224 valence electrons. The first-order chi connectivity index (χ1) is 23.8. The molecule has 0 saturated carbocycles. The summed E-state index contributed by atoms with van der Waals surface area (Å²) in [6.07, 6.45) is 0. The van der Waals surface area contributed by atoms with E-state index in [1.165, 1.54) is 0 Å².